The van der Waals surface area contributed by atoms with Gasteiger partial charge in [0.15, 0.2) is 0 Å². The van der Waals surface area contributed by atoms with Crippen LogP contribution in [0.3, 0.4) is 0 Å². The maximum Gasteiger partial charge on any atom is 0.231 e. The number of nitrogens with zero attached hydrogens (tertiary/aromatic N) is 4. The number of rotatable bonds is 4. The first-order valence-corrected chi connectivity index (χ1v) is 6.62. The van der Waals surface area contributed by atoms with Crippen molar-refractivity contribution in [3.05, 3.63) is 5.28 Å². The van der Waals surface area contributed by atoms with Crippen molar-refractivity contribution in [2.24, 2.45) is 0 Å². The zero-order chi connectivity index (χ0) is 13.0. The Morgan fingerprint density at radius 1 is 1.39 bits per heavy atom. The number of aromatic nitrogens is 3. The number of ether oxygens (including phenoxy) is 1. The van der Waals surface area contributed by atoms with Crippen molar-refractivity contribution in [1.29, 1.82) is 0 Å². The van der Waals surface area contributed by atoms with E-state index in [-0.39, 0.29) is 5.28 Å². The summed E-state index contributed by atoms with van der Waals surface area (Å²) in [4.78, 5) is 14.8. The minimum Gasteiger partial charge on any atom is -0.377 e. The van der Waals surface area contributed by atoms with E-state index in [0.717, 1.165) is 19.5 Å². The maximum absolute atomic E-state index is 5.94. The molecule has 7 heteroatoms. The molecule has 0 spiro atoms. The van der Waals surface area contributed by atoms with Crippen molar-refractivity contribution in [3.63, 3.8) is 0 Å². The lowest BCUT2D eigenvalue weighted by Gasteiger charge is -2.35. The van der Waals surface area contributed by atoms with E-state index in [1.807, 2.05) is 6.92 Å². The normalized spacial score (nSPS) is 19.9. The van der Waals surface area contributed by atoms with Gasteiger partial charge in [0.1, 0.15) is 0 Å². The van der Waals surface area contributed by atoms with Gasteiger partial charge in [-0.3, -0.25) is 0 Å². The van der Waals surface area contributed by atoms with Crippen LogP contribution in [0.4, 0.5) is 11.9 Å². The number of hydrogen-bond donors (Lipinski definition) is 1. The third kappa shape index (κ3) is 3.00. The molecule has 18 heavy (non-hydrogen) atoms. The number of nitrogens with one attached hydrogen (secondary N) is 1. The number of anilines is 2. The lowest BCUT2D eigenvalue weighted by Crippen LogP contribution is -2.46. The van der Waals surface area contributed by atoms with Crippen molar-refractivity contribution in [2.75, 3.05) is 36.5 Å². The Kier molecular flexibility index (Phi) is 4.54. The molecule has 1 aliphatic rings. The molecule has 6 nitrogen and oxygen atoms in total. The van der Waals surface area contributed by atoms with Crippen LogP contribution in [0.5, 0.6) is 0 Å². The van der Waals surface area contributed by atoms with Gasteiger partial charge in [0, 0.05) is 13.1 Å². The van der Waals surface area contributed by atoms with Crippen molar-refractivity contribution >= 4 is 23.5 Å². The second kappa shape index (κ2) is 6.15. The maximum atomic E-state index is 5.94. The van der Waals surface area contributed by atoms with Gasteiger partial charge in [0.25, 0.3) is 0 Å². The Morgan fingerprint density at radius 3 is 2.94 bits per heavy atom. The molecule has 0 aliphatic carbocycles. The van der Waals surface area contributed by atoms with Gasteiger partial charge in [-0.2, -0.15) is 15.0 Å². The molecule has 0 saturated carbocycles. The van der Waals surface area contributed by atoms with Crippen LogP contribution in [0, 0.1) is 0 Å². The number of hydrogen-bond acceptors (Lipinski definition) is 6. The van der Waals surface area contributed by atoms with E-state index in [1.54, 1.807) is 0 Å². The fourth-order valence-electron chi connectivity index (χ4n) is 1.96. The highest BCUT2D eigenvalue weighted by atomic mass is 35.5. The predicted octanol–water partition coefficient (Wildman–Crippen LogP) is 1.57. The first-order chi connectivity index (χ1) is 8.74. The summed E-state index contributed by atoms with van der Waals surface area (Å²) >= 11 is 5.94. The Morgan fingerprint density at radius 2 is 2.22 bits per heavy atom. The highest BCUT2D eigenvalue weighted by molar-refractivity contribution is 6.28. The molecule has 1 unspecified atom stereocenters. The lowest BCUT2D eigenvalue weighted by atomic mass is 10.2. The van der Waals surface area contributed by atoms with Gasteiger partial charge < -0.3 is 15.0 Å². The van der Waals surface area contributed by atoms with Crippen molar-refractivity contribution < 1.29 is 4.74 Å². The van der Waals surface area contributed by atoms with Crippen LogP contribution in [-0.2, 0) is 4.74 Å². The fraction of sp³-hybridized carbons (Fsp3) is 0.727. The van der Waals surface area contributed by atoms with Crippen molar-refractivity contribution in [3.8, 4) is 0 Å². The smallest absolute Gasteiger partial charge is 0.231 e. The molecule has 0 aromatic carbocycles. The Balaban J connectivity index is 2.24. The van der Waals surface area contributed by atoms with Gasteiger partial charge in [-0.25, -0.2) is 0 Å². The third-order valence-corrected chi connectivity index (χ3v) is 3.06. The van der Waals surface area contributed by atoms with Gasteiger partial charge in [0.05, 0.1) is 19.3 Å². The minimum absolute atomic E-state index is 0.220. The summed E-state index contributed by atoms with van der Waals surface area (Å²) in [6.45, 7) is 7.04. The molecule has 0 radical (unpaired) electrons. The Labute approximate surface area is 112 Å². The molecule has 1 aromatic rings. The summed E-state index contributed by atoms with van der Waals surface area (Å²) in [6.07, 6.45) is 0.986. The van der Waals surface area contributed by atoms with Crippen LogP contribution >= 0.6 is 11.6 Å². The standard InChI is InChI=1S/C11H18ClN5O/c1-3-8-7-18-6-5-17(8)11-15-9(12)14-10(16-11)13-4-2/h8H,3-7H2,1-2H3,(H,13,14,15,16). The number of morpholine rings is 1. The highest BCUT2D eigenvalue weighted by Crippen LogP contribution is 2.19. The molecule has 2 heterocycles. The van der Waals surface area contributed by atoms with Gasteiger partial charge >= 0.3 is 0 Å². The van der Waals surface area contributed by atoms with E-state index in [2.05, 4.69) is 32.1 Å². The van der Waals surface area contributed by atoms with Crippen molar-refractivity contribution in [1.82, 2.24) is 15.0 Å². The van der Waals surface area contributed by atoms with Crippen LogP contribution in [0.25, 0.3) is 0 Å². The molecule has 100 valence electrons. The van der Waals surface area contributed by atoms with E-state index in [0.29, 0.717) is 31.2 Å². The van der Waals surface area contributed by atoms with E-state index in [1.165, 1.54) is 0 Å². The summed E-state index contributed by atoms with van der Waals surface area (Å²) in [5.41, 5.74) is 0. The summed E-state index contributed by atoms with van der Waals surface area (Å²) in [5, 5.41) is 3.28. The van der Waals surface area contributed by atoms with Crippen molar-refractivity contribution in [2.45, 2.75) is 26.3 Å². The highest BCUT2D eigenvalue weighted by Gasteiger charge is 2.24. The SMILES string of the molecule is CCNc1nc(Cl)nc(N2CCOCC2CC)n1. The minimum atomic E-state index is 0.220. The van der Waals surface area contributed by atoms with Crippen LogP contribution in [-0.4, -0.2) is 47.3 Å². The zero-order valence-corrected chi connectivity index (χ0v) is 11.4. The quantitative estimate of drug-likeness (QED) is 0.897. The van der Waals surface area contributed by atoms with E-state index >= 15 is 0 Å². The molecule has 1 aliphatic heterocycles. The lowest BCUT2D eigenvalue weighted by molar-refractivity contribution is 0.0921. The topological polar surface area (TPSA) is 63.2 Å². The fourth-order valence-corrected chi connectivity index (χ4v) is 2.12. The Hall–Kier alpha value is -1.14. The molecule has 0 bridgehead atoms. The average molecular weight is 272 g/mol. The summed E-state index contributed by atoms with van der Waals surface area (Å²) in [5.74, 6) is 1.15. The second-order valence-electron chi connectivity index (χ2n) is 4.09. The molecule has 1 saturated heterocycles. The van der Waals surface area contributed by atoms with Gasteiger partial charge in [-0.1, -0.05) is 6.92 Å². The van der Waals surface area contributed by atoms with Crippen LogP contribution in [0.2, 0.25) is 5.28 Å². The molecule has 1 N–H and O–H groups in total. The number of halogens is 1. The average Bonchev–Trinajstić information content (AvgIpc) is 2.38. The molecule has 1 atom stereocenters. The zero-order valence-electron chi connectivity index (χ0n) is 10.7. The first kappa shape index (κ1) is 13.3. The summed E-state index contributed by atoms with van der Waals surface area (Å²) in [7, 11) is 0. The monoisotopic (exact) mass is 271 g/mol. The Bertz CT molecular complexity index is 403. The molecule has 0 amide bonds. The summed E-state index contributed by atoms with van der Waals surface area (Å²) < 4.78 is 5.47. The van der Waals surface area contributed by atoms with Crippen LogP contribution < -0.4 is 10.2 Å². The molecule has 1 aromatic heterocycles. The second-order valence-corrected chi connectivity index (χ2v) is 4.43. The van der Waals surface area contributed by atoms with E-state index in [4.69, 9.17) is 16.3 Å². The van der Waals surface area contributed by atoms with Crippen LogP contribution in [0.1, 0.15) is 20.3 Å². The predicted molar refractivity (Wildman–Crippen MR) is 71.2 cm³/mol. The van der Waals surface area contributed by atoms with E-state index < -0.39 is 0 Å². The van der Waals surface area contributed by atoms with Gasteiger partial charge in [-0.05, 0) is 24.9 Å². The largest absolute Gasteiger partial charge is 0.377 e. The first-order valence-electron chi connectivity index (χ1n) is 6.24. The summed E-state index contributed by atoms with van der Waals surface area (Å²) in [6, 6.07) is 0.298. The third-order valence-electron chi connectivity index (χ3n) is 2.89. The molecule has 2 rings (SSSR count). The van der Waals surface area contributed by atoms with Gasteiger partial charge in [0.2, 0.25) is 17.2 Å². The molecular weight excluding hydrogens is 254 g/mol. The van der Waals surface area contributed by atoms with Gasteiger partial charge in [-0.15, -0.1) is 0 Å². The molecular formula is C11H18ClN5O. The van der Waals surface area contributed by atoms with E-state index in [9.17, 15) is 0 Å². The van der Waals surface area contributed by atoms with Crippen LogP contribution in [0.15, 0.2) is 0 Å². The molecule has 1 fully saturated rings.